The second-order valence-corrected chi connectivity index (χ2v) is 5.14. The highest BCUT2D eigenvalue weighted by Gasteiger charge is 2.09. The smallest absolute Gasteiger partial charge is 0.125 e. The van der Waals surface area contributed by atoms with Gasteiger partial charge >= 0.3 is 0 Å². The highest BCUT2D eigenvalue weighted by molar-refractivity contribution is 6.30. The van der Waals surface area contributed by atoms with Crippen LogP contribution in [0.4, 0.5) is 5.69 Å². The van der Waals surface area contributed by atoms with Gasteiger partial charge in [-0.25, -0.2) is 0 Å². The molecular formula is C16H18ClN3O. The Balaban J connectivity index is 1.95. The second kappa shape index (κ2) is 7.11. The van der Waals surface area contributed by atoms with E-state index in [-0.39, 0.29) is 0 Å². The second-order valence-electron chi connectivity index (χ2n) is 4.71. The number of nitrogens with zero attached hydrogens (tertiary/aromatic N) is 1. The molecule has 0 aliphatic heterocycles. The van der Waals surface area contributed by atoms with Gasteiger partial charge in [0.25, 0.3) is 0 Å². The van der Waals surface area contributed by atoms with Gasteiger partial charge in [0, 0.05) is 28.4 Å². The van der Waals surface area contributed by atoms with Gasteiger partial charge < -0.3 is 16.6 Å². The molecule has 1 atom stereocenters. The van der Waals surface area contributed by atoms with Crippen LogP contribution in [0.3, 0.4) is 0 Å². The fourth-order valence-corrected chi connectivity index (χ4v) is 2.12. The molecule has 2 aromatic rings. The summed E-state index contributed by atoms with van der Waals surface area (Å²) < 4.78 is 0. The first-order valence-electron chi connectivity index (χ1n) is 6.66. The van der Waals surface area contributed by atoms with E-state index in [1.165, 1.54) is 0 Å². The lowest BCUT2D eigenvalue weighted by Gasteiger charge is -2.12. The predicted molar refractivity (Wildman–Crippen MR) is 87.5 cm³/mol. The maximum Gasteiger partial charge on any atom is 0.125 e. The minimum absolute atomic E-state index is 0.421. The summed E-state index contributed by atoms with van der Waals surface area (Å²) in [5.41, 5.74) is 13.8. The van der Waals surface area contributed by atoms with E-state index in [0.717, 1.165) is 11.1 Å². The van der Waals surface area contributed by atoms with Crippen LogP contribution in [0.5, 0.6) is 0 Å². The van der Waals surface area contributed by atoms with Crippen LogP contribution in [-0.2, 0) is 0 Å². The Labute approximate surface area is 129 Å². The van der Waals surface area contributed by atoms with Crippen molar-refractivity contribution in [1.29, 1.82) is 0 Å². The molecular weight excluding hydrogens is 286 g/mol. The number of aliphatic imine (C=N–C) groups is 1. The van der Waals surface area contributed by atoms with Crippen molar-refractivity contribution >= 4 is 23.1 Å². The summed E-state index contributed by atoms with van der Waals surface area (Å²) in [5, 5.41) is 10.8. The van der Waals surface area contributed by atoms with Gasteiger partial charge in [-0.3, -0.25) is 4.99 Å². The first-order chi connectivity index (χ1) is 10.1. The van der Waals surface area contributed by atoms with Gasteiger partial charge in [-0.2, -0.15) is 0 Å². The maximum atomic E-state index is 10.1. The fourth-order valence-electron chi connectivity index (χ4n) is 1.99. The molecule has 0 heterocycles. The zero-order valence-electron chi connectivity index (χ0n) is 11.5. The van der Waals surface area contributed by atoms with Gasteiger partial charge in [0.15, 0.2) is 0 Å². The summed E-state index contributed by atoms with van der Waals surface area (Å²) in [6, 6.07) is 14.4. The molecule has 0 bridgehead atoms. The molecule has 0 aliphatic carbocycles. The number of aliphatic hydroxyl groups excluding tert-OH is 1. The molecule has 0 saturated carbocycles. The number of hydrogen-bond donors (Lipinski definition) is 3. The lowest BCUT2D eigenvalue weighted by atomic mass is 10.0. The molecule has 5 heteroatoms. The molecule has 0 aromatic heterocycles. The van der Waals surface area contributed by atoms with E-state index in [1.54, 1.807) is 18.2 Å². The number of benzene rings is 2. The number of aliphatic hydroxyl groups is 1. The SMILES string of the molecule is NC(=NCCC(O)c1ccccc1N)c1ccc(Cl)cc1. The highest BCUT2D eigenvalue weighted by atomic mass is 35.5. The van der Waals surface area contributed by atoms with Crippen LogP contribution in [0.15, 0.2) is 53.5 Å². The van der Waals surface area contributed by atoms with E-state index in [4.69, 9.17) is 23.1 Å². The Morgan fingerprint density at radius 1 is 1.14 bits per heavy atom. The van der Waals surface area contributed by atoms with Crippen molar-refractivity contribution in [2.45, 2.75) is 12.5 Å². The van der Waals surface area contributed by atoms with Gasteiger partial charge in [0.1, 0.15) is 5.84 Å². The van der Waals surface area contributed by atoms with E-state index in [1.807, 2.05) is 30.3 Å². The average Bonchev–Trinajstić information content (AvgIpc) is 2.48. The fraction of sp³-hybridized carbons (Fsp3) is 0.188. The van der Waals surface area contributed by atoms with Crippen molar-refractivity contribution in [3.05, 3.63) is 64.7 Å². The van der Waals surface area contributed by atoms with Crippen LogP contribution in [0.2, 0.25) is 5.02 Å². The normalized spacial score (nSPS) is 13.1. The Kier molecular flexibility index (Phi) is 5.20. The van der Waals surface area contributed by atoms with Gasteiger partial charge in [-0.15, -0.1) is 0 Å². The third-order valence-electron chi connectivity index (χ3n) is 3.18. The molecule has 0 radical (unpaired) electrons. The van der Waals surface area contributed by atoms with E-state index in [0.29, 0.717) is 29.5 Å². The van der Waals surface area contributed by atoms with Gasteiger partial charge in [0.05, 0.1) is 6.10 Å². The maximum absolute atomic E-state index is 10.1. The standard InChI is InChI=1S/C16H18ClN3O/c17-12-7-5-11(6-8-12)16(19)20-10-9-15(21)13-3-1-2-4-14(13)18/h1-8,15,21H,9-10,18H2,(H2,19,20). The molecule has 2 rings (SSSR count). The molecule has 4 nitrogen and oxygen atoms in total. The molecule has 0 fully saturated rings. The lowest BCUT2D eigenvalue weighted by molar-refractivity contribution is 0.171. The number of anilines is 1. The number of halogens is 1. The number of nitrogens with two attached hydrogens (primary N) is 2. The van der Waals surface area contributed by atoms with Gasteiger partial charge in [0.2, 0.25) is 0 Å². The van der Waals surface area contributed by atoms with Crippen LogP contribution in [-0.4, -0.2) is 17.5 Å². The van der Waals surface area contributed by atoms with Crippen molar-refractivity contribution in [2.24, 2.45) is 10.7 Å². The minimum atomic E-state index is -0.645. The molecule has 0 aliphatic rings. The summed E-state index contributed by atoms with van der Waals surface area (Å²) in [6.07, 6.45) is -0.185. The minimum Gasteiger partial charge on any atom is -0.398 e. The summed E-state index contributed by atoms with van der Waals surface area (Å²) in [7, 11) is 0. The average molecular weight is 304 g/mol. The Morgan fingerprint density at radius 3 is 2.48 bits per heavy atom. The van der Waals surface area contributed by atoms with Crippen molar-refractivity contribution in [3.8, 4) is 0 Å². The zero-order valence-corrected chi connectivity index (χ0v) is 12.3. The molecule has 5 N–H and O–H groups in total. The van der Waals surface area contributed by atoms with Gasteiger partial charge in [-0.05, 0) is 36.8 Å². The zero-order chi connectivity index (χ0) is 15.2. The summed E-state index contributed by atoms with van der Waals surface area (Å²) >= 11 is 5.82. The highest BCUT2D eigenvalue weighted by Crippen LogP contribution is 2.22. The number of rotatable bonds is 5. The number of para-hydroxylation sites is 1. The lowest BCUT2D eigenvalue weighted by Crippen LogP contribution is -2.14. The first-order valence-corrected chi connectivity index (χ1v) is 7.04. The summed E-state index contributed by atoms with van der Waals surface area (Å²) in [6.45, 7) is 0.421. The molecule has 1 unspecified atom stereocenters. The quantitative estimate of drug-likeness (QED) is 0.451. The van der Waals surface area contributed by atoms with E-state index < -0.39 is 6.10 Å². The van der Waals surface area contributed by atoms with Crippen LogP contribution in [0.25, 0.3) is 0 Å². The third kappa shape index (κ3) is 4.21. The van der Waals surface area contributed by atoms with Crippen molar-refractivity contribution in [1.82, 2.24) is 0 Å². The van der Waals surface area contributed by atoms with E-state index in [2.05, 4.69) is 4.99 Å². The molecule has 21 heavy (non-hydrogen) atoms. The van der Waals surface area contributed by atoms with E-state index in [9.17, 15) is 5.11 Å². The van der Waals surface area contributed by atoms with Crippen molar-refractivity contribution in [2.75, 3.05) is 12.3 Å². The topological polar surface area (TPSA) is 84.6 Å². The number of hydrogen-bond acceptors (Lipinski definition) is 3. The third-order valence-corrected chi connectivity index (χ3v) is 3.43. The van der Waals surface area contributed by atoms with Crippen LogP contribution in [0, 0.1) is 0 Å². The molecule has 0 saturated heterocycles. The first kappa shape index (κ1) is 15.4. The van der Waals surface area contributed by atoms with Gasteiger partial charge in [-0.1, -0.05) is 29.8 Å². The van der Waals surface area contributed by atoms with Crippen molar-refractivity contribution in [3.63, 3.8) is 0 Å². The van der Waals surface area contributed by atoms with Crippen molar-refractivity contribution < 1.29 is 5.11 Å². The monoisotopic (exact) mass is 303 g/mol. The largest absolute Gasteiger partial charge is 0.398 e. The van der Waals surface area contributed by atoms with E-state index >= 15 is 0 Å². The molecule has 2 aromatic carbocycles. The summed E-state index contributed by atoms with van der Waals surface area (Å²) in [5.74, 6) is 0.430. The summed E-state index contributed by atoms with van der Waals surface area (Å²) in [4.78, 5) is 4.27. The molecule has 0 amide bonds. The molecule has 110 valence electrons. The number of nitrogen functional groups attached to an aromatic ring is 1. The molecule has 0 spiro atoms. The Bertz CT molecular complexity index is 626. The predicted octanol–water partition coefficient (Wildman–Crippen LogP) is 2.75. The van der Waals surface area contributed by atoms with Crippen LogP contribution in [0.1, 0.15) is 23.7 Å². The number of amidine groups is 1. The Hall–Kier alpha value is -2.04. The van der Waals surface area contributed by atoms with Crippen LogP contribution < -0.4 is 11.5 Å². The van der Waals surface area contributed by atoms with Crippen LogP contribution >= 0.6 is 11.6 Å². The Morgan fingerprint density at radius 2 is 1.81 bits per heavy atom.